The van der Waals surface area contributed by atoms with Gasteiger partial charge in [0, 0.05) is 23.6 Å². The molecule has 0 aliphatic heterocycles. The van der Waals surface area contributed by atoms with Crippen LogP contribution < -0.4 is 10.1 Å². The van der Waals surface area contributed by atoms with Crippen LogP contribution in [0.4, 0.5) is 5.69 Å². The van der Waals surface area contributed by atoms with Gasteiger partial charge < -0.3 is 14.5 Å². The summed E-state index contributed by atoms with van der Waals surface area (Å²) < 4.78 is 7.51. The molecule has 4 aromatic rings. The van der Waals surface area contributed by atoms with Crippen molar-refractivity contribution in [1.29, 1.82) is 0 Å². The molecule has 0 atom stereocenters. The van der Waals surface area contributed by atoms with Crippen molar-refractivity contribution in [1.82, 2.24) is 9.38 Å². The van der Waals surface area contributed by atoms with Crippen LogP contribution in [0.25, 0.3) is 16.9 Å². The number of aromatic nitrogens is 2. The average molecular weight is 371 g/mol. The van der Waals surface area contributed by atoms with E-state index < -0.39 is 0 Å². The molecule has 0 bridgehead atoms. The first-order valence-electron chi connectivity index (χ1n) is 9.12. The monoisotopic (exact) mass is 371 g/mol. The van der Waals surface area contributed by atoms with Crippen molar-refractivity contribution in [3.8, 4) is 17.0 Å². The van der Waals surface area contributed by atoms with E-state index in [0.29, 0.717) is 5.75 Å². The number of para-hydroxylation sites is 1. The minimum absolute atomic E-state index is 0.0404. The van der Waals surface area contributed by atoms with Gasteiger partial charge in [-0.2, -0.15) is 0 Å². The van der Waals surface area contributed by atoms with E-state index in [0.717, 1.165) is 28.2 Å². The zero-order valence-electron chi connectivity index (χ0n) is 15.8. The highest BCUT2D eigenvalue weighted by atomic mass is 16.5. The summed E-state index contributed by atoms with van der Waals surface area (Å²) >= 11 is 0. The Labute approximate surface area is 163 Å². The van der Waals surface area contributed by atoms with Crippen LogP contribution in [-0.2, 0) is 4.79 Å². The van der Waals surface area contributed by atoms with Crippen molar-refractivity contribution in [2.75, 3.05) is 11.9 Å². The van der Waals surface area contributed by atoms with Crippen LogP contribution in [0.5, 0.6) is 5.75 Å². The van der Waals surface area contributed by atoms with E-state index in [-0.39, 0.29) is 12.5 Å². The molecule has 0 unspecified atom stereocenters. The lowest BCUT2D eigenvalue weighted by molar-refractivity contribution is -0.118. The van der Waals surface area contributed by atoms with Gasteiger partial charge in [-0.15, -0.1) is 0 Å². The highest BCUT2D eigenvalue weighted by Gasteiger charge is 2.10. The largest absolute Gasteiger partial charge is 0.484 e. The predicted octanol–water partition coefficient (Wildman–Crippen LogP) is 4.64. The van der Waals surface area contributed by atoms with Gasteiger partial charge in [-0.1, -0.05) is 30.3 Å². The van der Waals surface area contributed by atoms with Gasteiger partial charge in [0.25, 0.3) is 5.91 Å². The average Bonchev–Trinajstić information content (AvgIpc) is 3.12. The lowest BCUT2D eigenvalue weighted by atomic mass is 10.1. The topological polar surface area (TPSA) is 55.6 Å². The second kappa shape index (κ2) is 7.56. The molecule has 2 aromatic carbocycles. The normalized spacial score (nSPS) is 10.8. The molecule has 0 fully saturated rings. The second-order valence-corrected chi connectivity index (χ2v) is 6.78. The number of amides is 1. The highest BCUT2D eigenvalue weighted by Crippen LogP contribution is 2.25. The summed E-state index contributed by atoms with van der Waals surface area (Å²) in [6.45, 7) is 3.97. The van der Waals surface area contributed by atoms with Crippen molar-refractivity contribution in [3.63, 3.8) is 0 Å². The zero-order chi connectivity index (χ0) is 19.5. The van der Waals surface area contributed by atoms with Crippen molar-refractivity contribution >= 4 is 17.2 Å². The minimum Gasteiger partial charge on any atom is -0.484 e. The molecule has 2 aromatic heterocycles. The number of nitrogens with zero attached hydrogens (tertiary/aromatic N) is 2. The van der Waals surface area contributed by atoms with E-state index in [4.69, 9.17) is 9.72 Å². The maximum absolute atomic E-state index is 12.3. The summed E-state index contributed by atoms with van der Waals surface area (Å²) in [5.74, 6) is 0.470. The number of benzene rings is 2. The summed E-state index contributed by atoms with van der Waals surface area (Å²) in [5.41, 5.74) is 5.62. The van der Waals surface area contributed by atoms with Gasteiger partial charge >= 0.3 is 0 Å². The number of imidazole rings is 1. The summed E-state index contributed by atoms with van der Waals surface area (Å²) in [7, 11) is 0. The second-order valence-electron chi connectivity index (χ2n) is 6.78. The summed E-state index contributed by atoms with van der Waals surface area (Å²) in [6, 6.07) is 19.3. The Morgan fingerprint density at radius 3 is 2.71 bits per heavy atom. The maximum atomic E-state index is 12.3. The first-order valence-corrected chi connectivity index (χ1v) is 9.12. The fraction of sp³-hybridized carbons (Fsp3) is 0.130. The van der Waals surface area contributed by atoms with E-state index in [1.54, 1.807) is 0 Å². The Morgan fingerprint density at radius 1 is 1.07 bits per heavy atom. The molecule has 0 saturated carbocycles. The molecule has 0 aliphatic carbocycles. The molecular formula is C23H21N3O2. The van der Waals surface area contributed by atoms with Crippen molar-refractivity contribution in [2.45, 2.75) is 13.8 Å². The molecule has 0 saturated heterocycles. The summed E-state index contributed by atoms with van der Waals surface area (Å²) in [5, 5.41) is 2.93. The fourth-order valence-corrected chi connectivity index (χ4v) is 2.99. The number of pyridine rings is 1. The van der Waals surface area contributed by atoms with Crippen molar-refractivity contribution in [2.24, 2.45) is 0 Å². The molecule has 28 heavy (non-hydrogen) atoms. The van der Waals surface area contributed by atoms with Crippen LogP contribution in [-0.4, -0.2) is 21.9 Å². The Hall–Kier alpha value is -3.60. The molecule has 0 radical (unpaired) electrons. The minimum atomic E-state index is -0.199. The molecular weight excluding hydrogens is 350 g/mol. The number of fused-ring (bicyclic) bond motifs is 1. The Morgan fingerprint density at radius 2 is 1.89 bits per heavy atom. The van der Waals surface area contributed by atoms with Gasteiger partial charge in [-0.25, -0.2) is 4.98 Å². The Bertz CT molecular complexity index is 1130. The van der Waals surface area contributed by atoms with Crippen molar-refractivity contribution < 1.29 is 9.53 Å². The first kappa shape index (κ1) is 17.8. The quantitative estimate of drug-likeness (QED) is 0.556. The van der Waals surface area contributed by atoms with Gasteiger partial charge in [0.15, 0.2) is 6.61 Å². The van der Waals surface area contributed by atoms with E-state index in [2.05, 4.69) is 5.32 Å². The number of ether oxygens (including phenoxy) is 1. The molecule has 0 aliphatic rings. The molecule has 1 N–H and O–H groups in total. The number of hydrogen-bond donors (Lipinski definition) is 1. The van der Waals surface area contributed by atoms with Gasteiger partial charge in [-0.05, 0) is 55.3 Å². The van der Waals surface area contributed by atoms with E-state index in [1.165, 1.54) is 5.56 Å². The number of anilines is 1. The SMILES string of the molecule is Cc1ccn2cc(-c3ccc(C)c(NC(=O)COc4ccccc4)c3)nc2c1. The first-order chi connectivity index (χ1) is 13.6. The zero-order valence-corrected chi connectivity index (χ0v) is 15.8. The van der Waals surface area contributed by atoms with Crippen LogP contribution >= 0.6 is 0 Å². The van der Waals surface area contributed by atoms with Crippen LogP contribution in [0, 0.1) is 13.8 Å². The number of carbonyl (C=O) groups is 1. The van der Waals surface area contributed by atoms with E-state index in [9.17, 15) is 4.79 Å². The Balaban J connectivity index is 1.52. The standard InChI is InChI=1S/C23H21N3O2/c1-16-10-11-26-14-21(24-22(26)12-16)18-9-8-17(2)20(13-18)25-23(27)15-28-19-6-4-3-5-7-19/h3-14H,15H2,1-2H3,(H,25,27). The molecule has 1 amide bonds. The predicted molar refractivity (Wildman–Crippen MR) is 111 cm³/mol. The van der Waals surface area contributed by atoms with Crippen LogP contribution in [0.15, 0.2) is 73.1 Å². The third kappa shape index (κ3) is 3.88. The molecule has 140 valence electrons. The fourth-order valence-electron chi connectivity index (χ4n) is 2.99. The summed E-state index contributed by atoms with van der Waals surface area (Å²) in [4.78, 5) is 17.0. The van der Waals surface area contributed by atoms with Crippen molar-refractivity contribution in [3.05, 3.63) is 84.2 Å². The number of hydrogen-bond acceptors (Lipinski definition) is 3. The van der Waals surface area contributed by atoms with Crippen LogP contribution in [0.1, 0.15) is 11.1 Å². The summed E-state index contributed by atoms with van der Waals surface area (Å²) in [6.07, 6.45) is 3.99. The Kier molecular flexibility index (Phi) is 4.81. The van der Waals surface area contributed by atoms with E-state index in [1.807, 2.05) is 91.3 Å². The van der Waals surface area contributed by atoms with Crippen LogP contribution in [0.2, 0.25) is 0 Å². The van der Waals surface area contributed by atoms with Gasteiger partial charge in [0.05, 0.1) is 5.69 Å². The molecule has 2 heterocycles. The molecule has 0 spiro atoms. The smallest absolute Gasteiger partial charge is 0.262 e. The van der Waals surface area contributed by atoms with Gasteiger partial charge in [0.2, 0.25) is 0 Å². The number of nitrogens with one attached hydrogen (secondary N) is 1. The number of carbonyl (C=O) groups excluding carboxylic acids is 1. The highest BCUT2D eigenvalue weighted by molar-refractivity contribution is 5.93. The number of rotatable bonds is 5. The van der Waals surface area contributed by atoms with Gasteiger partial charge in [-0.3, -0.25) is 4.79 Å². The number of aryl methyl sites for hydroxylation is 2. The molecule has 4 rings (SSSR count). The molecule has 5 heteroatoms. The lowest BCUT2D eigenvalue weighted by Crippen LogP contribution is -2.20. The lowest BCUT2D eigenvalue weighted by Gasteiger charge is -2.11. The van der Waals surface area contributed by atoms with Crippen LogP contribution in [0.3, 0.4) is 0 Å². The maximum Gasteiger partial charge on any atom is 0.262 e. The van der Waals surface area contributed by atoms with Gasteiger partial charge in [0.1, 0.15) is 11.4 Å². The van der Waals surface area contributed by atoms with E-state index >= 15 is 0 Å². The third-order valence-electron chi connectivity index (χ3n) is 4.54. The third-order valence-corrected chi connectivity index (χ3v) is 4.54. The molecule has 5 nitrogen and oxygen atoms in total.